The van der Waals surface area contributed by atoms with Crippen LogP contribution in [0.1, 0.15) is 10.4 Å². The van der Waals surface area contributed by atoms with Crippen molar-refractivity contribution in [2.45, 2.75) is 0 Å². The van der Waals surface area contributed by atoms with E-state index in [9.17, 15) is 4.79 Å². The lowest BCUT2D eigenvalue weighted by molar-refractivity contribution is 0.102. The van der Waals surface area contributed by atoms with Crippen LogP contribution in [0.15, 0.2) is 60.8 Å². The van der Waals surface area contributed by atoms with Gasteiger partial charge in [-0.05, 0) is 54.6 Å². The summed E-state index contributed by atoms with van der Waals surface area (Å²) in [7, 11) is 7.08. The van der Waals surface area contributed by atoms with Crippen LogP contribution in [-0.4, -0.2) is 39.2 Å². The Bertz CT molecular complexity index is 970. The third kappa shape index (κ3) is 4.95. The zero-order chi connectivity index (χ0) is 20.8. The molecule has 2 aromatic carbocycles. The van der Waals surface area contributed by atoms with Crippen LogP contribution in [0.25, 0.3) is 0 Å². The Kier molecular flexibility index (Phi) is 6.19. The topological polar surface area (TPSA) is 75.7 Å². The summed E-state index contributed by atoms with van der Waals surface area (Å²) in [4.78, 5) is 18.8. The van der Waals surface area contributed by atoms with Gasteiger partial charge in [0.05, 0.1) is 26.1 Å². The van der Waals surface area contributed by atoms with E-state index in [1.54, 1.807) is 37.6 Å². The van der Waals surface area contributed by atoms with Gasteiger partial charge in [-0.25, -0.2) is 4.98 Å². The zero-order valence-electron chi connectivity index (χ0n) is 16.9. The van der Waals surface area contributed by atoms with Gasteiger partial charge in [0, 0.05) is 31.0 Å². The SMILES string of the molecule is COc1ccc(C(=O)Nc2ccc(Nc3ccc(N(C)C)cc3)cn2)cc1OC. The number of nitrogens with one attached hydrogen (secondary N) is 2. The van der Waals surface area contributed by atoms with Crippen molar-refractivity contribution >= 4 is 28.8 Å². The lowest BCUT2D eigenvalue weighted by Gasteiger charge is -2.13. The van der Waals surface area contributed by atoms with Crippen LogP contribution < -0.4 is 25.0 Å². The molecule has 0 aliphatic rings. The van der Waals surface area contributed by atoms with Crippen LogP contribution >= 0.6 is 0 Å². The number of methoxy groups -OCH3 is 2. The smallest absolute Gasteiger partial charge is 0.256 e. The second kappa shape index (κ2) is 8.97. The highest BCUT2D eigenvalue weighted by molar-refractivity contribution is 6.04. The molecule has 1 amide bonds. The molecule has 0 aliphatic heterocycles. The Hall–Kier alpha value is -3.74. The van der Waals surface area contributed by atoms with Gasteiger partial charge in [0.1, 0.15) is 5.82 Å². The third-order valence-corrected chi connectivity index (χ3v) is 4.32. The molecule has 0 bridgehead atoms. The van der Waals surface area contributed by atoms with Crippen LogP contribution in [0.5, 0.6) is 11.5 Å². The lowest BCUT2D eigenvalue weighted by atomic mass is 10.2. The Labute approximate surface area is 170 Å². The molecule has 0 radical (unpaired) electrons. The average molecular weight is 392 g/mol. The van der Waals surface area contributed by atoms with E-state index >= 15 is 0 Å². The largest absolute Gasteiger partial charge is 0.493 e. The van der Waals surface area contributed by atoms with Crippen molar-refractivity contribution in [1.29, 1.82) is 0 Å². The number of hydrogen-bond acceptors (Lipinski definition) is 6. The number of ether oxygens (including phenoxy) is 2. The molecular weight excluding hydrogens is 368 g/mol. The number of aromatic nitrogens is 1. The summed E-state index contributed by atoms with van der Waals surface area (Å²) in [5, 5.41) is 6.06. The Morgan fingerprint density at radius 1 is 0.897 bits per heavy atom. The fourth-order valence-corrected chi connectivity index (χ4v) is 2.72. The second-order valence-corrected chi connectivity index (χ2v) is 6.52. The van der Waals surface area contributed by atoms with Crippen molar-refractivity contribution in [1.82, 2.24) is 4.98 Å². The third-order valence-electron chi connectivity index (χ3n) is 4.32. The molecule has 2 N–H and O–H groups in total. The fraction of sp³-hybridized carbons (Fsp3) is 0.182. The van der Waals surface area contributed by atoms with E-state index in [1.165, 1.54) is 7.11 Å². The number of anilines is 4. The molecule has 0 fully saturated rings. The first-order valence-corrected chi connectivity index (χ1v) is 9.04. The molecule has 7 heteroatoms. The van der Waals surface area contributed by atoms with Gasteiger partial charge in [-0.2, -0.15) is 0 Å². The van der Waals surface area contributed by atoms with E-state index in [0.717, 1.165) is 17.1 Å². The van der Waals surface area contributed by atoms with Crippen LogP contribution in [-0.2, 0) is 0 Å². The number of hydrogen-bond donors (Lipinski definition) is 2. The minimum absolute atomic E-state index is 0.279. The number of carbonyl (C=O) groups excluding carboxylic acids is 1. The van der Waals surface area contributed by atoms with E-state index in [4.69, 9.17) is 9.47 Å². The first-order chi connectivity index (χ1) is 14.0. The molecule has 3 rings (SSSR count). The minimum atomic E-state index is -0.279. The van der Waals surface area contributed by atoms with Gasteiger partial charge in [0.2, 0.25) is 0 Å². The van der Waals surface area contributed by atoms with Gasteiger partial charge in [-0.1, -0.05) is 0 Å². The van der Waals surface area contributed by atoms with Gasteiger partial charge < -0.3 is 25.0 Å². The summed E-state index contributed by atoms with van der Waals surface area (Å²) >= 11 is 0. The Balaban J connectivity index is 1.65. The van der Waals surface area contributed by atoms with Crippen LogP contribution in [0.4, 0.5) is 22.9 Å². The number of rotatable bonds is 7. The maximum Gasteiger partial charge on any atom is 0.256 e. The number of pyridine rings is 1. The first kappa shape index (κ1) is 20.0. The van der Waals surface area contributed by atoms with Crippen molar-refractivity contribution < 1.29 is 14.3 Å². The Morgan fingerprint density at radius 3 is 2.17 bits per heavy atom. The normalized spacial score (nSPS) is 10.2. The molecule has 0 spiro atoms. The van der Waals surface area contributed by atoms with Gasteiger partial charge in [0.15, 0.2) is 11.5 Å². The van der Waals surface area contributed by atoms with Crippen LogP contribution in [0.2, 0.25) is 0 Å². The van der Waals surface area contributed by atoms with E-state index in [0.29, 0.717) is 22.9 Å². The molecule has 7 nitrogen and oxygen atoms in total. The first-order valence-electron chi connectivity index (χ1n) is 9.04. The summed E-state index contributed by atoms with van der Waals surface area (Å²) in [6, 6.07) is 16.7. The van der Waals surface area contributed by atoms with Gasteiger partial charge >= 0.3 is 0 Å². The lowest BCUT2D eigenvalue weighted by Crippen LogP contribution is -2.13. The van der Waals surface area contributed by atoms with Crippen molar-refractivity contribution in [2.24, 2.45) is 0 Å². The predicted octanol–water partition coefficient (Wildman–Crippen LogP) is 4.16. The van der Waals surface area contributed by atoms with Gasteiger partial charge in [-0.15, -0.1) is 0 Å². The molecule has 150 valence electrons. The maximum absolute atomic E-state index is 12.5. The van der Waals surface area contributed by atoms with Crippen molar-refractivity contribution in [3.8, 4) is 11.5 Å². The van der Waals surface area contributed by atoms with Crippen molar-refractivity contribution in [3.63, 3.8) is 0 Å². The highest BCUT2D eigenvalue weighted by Crippen LogP contribution is 2.28. The summed E-state index contributed by atoms with van der Waals surface area (Å²) in [6.07, 6.45) is 1.67. The average Bonchev–Trinajstić information content (AvgIpc) is 2.75. The predicted molar refractivity (Wildman–Crippen MR) is 116 cm³/mol. The zero-order valence-corrected chi connectivity index (χ0v) is 16.9. The molecule has 0 unspecified atom stereocenters. The van der Waals surface area contributed by atoms with Crippen LogP contribution in [0.3, 0.4) is 0 Å². The molecule has 0 saturated heterocycles. The number of amides is 1. The molecule has 0 saturated carbocycles. The van der Waals surface area contributed by atoms with E-state index in [-0.39, 0.29) is 5.91 Å². The summed E-state index contributed by atoms with van der Waals surface area (Å²) in [5.74, 6) is 1.24. The van der Waals surface area contributed by atoms with E-state index < -0.39 is 0 Å². The second-order valence-electron chi connectivity index (χ2n) is 6.52. The summed E-state index contributed by atoms with van der Waals surface area (Å²) in [5.41, 5.74) is 3.36. The van der Waals surface area contributed by atoms with Gasteiger partial charge in [0.25, 0.3) is 5.91 Å². The molecule has 29 heavy (non-hydrogen) atoms. The maximum atomic E-state index is 12.5. The minimum Gasteiger partial charge on any atom is -0.493 e. The van der Waals surface area contributed by atoms with E-state index in [1.807, 2.05) is 49.3 Å². The molecule has 3 aromatic rings. The quantitative estimate of drug-likeness (QED) is 0.629. The van der Waals surface area contributed by atoms with Crippen molar-refractivity contribution in [3.05, 3.63) is 66.4 Å². The van der Waals surface area contributed by atoms with Gasteiger partial charge in [-0.3, -0.25) is 4.79 Å². The number of benzene rings is 2. The molecular formula is C22H24N4O3. The summed E-state index contributed by atoms with van der Waals surface area (Å²) < 4.78 is 10.4. The highest BCUT2D eigenvalue weighted by Gasteiger charge is 2.11. The Morgan fingerprint density at radius 2 is 1.59 bits per heavy atom. The number of carbonyl (C=O) groups is 1. The fourth-order valence-electron chi connectivity index (χ4n) is 2.72. The van der Waals surface area contributed by atoms with E-state index in [2.05, 4.69) is 15.6 Å². The molecule has 0 aliphatic carbocycles. The monoisotopic (exact) mass is 392 g/mol. The standard InChI is InChI=1S/C22H24N4O3/c1-26(2)18-9-6-16(7-10-18)24-17-8-12-21(23-14-17)25-22(27)15-5-11-19(28-3)20(13-15)29-4/h5-14,24H,1-4H3,(H,23,25,27). The highest BCUT2D eigenvalue weighted by atomic mass is 16.5. The number of nitrogens with zero attached hydrogens (tertiary/aromatic N) is 2. The van der Waals surface area contributed by atoms with Crippen molar-refractivity contribution in [2.75, 3.05) is 43.8 Å². The molecule has 1 aromatic heterocycles. The van der Waals surface area contributed by atoms with Crippen LogP contribution in [0, 0.1) is 0 Å². The summed E-state index contributed by atoms with van der Waals surface area (Å²) in [6.45, 7) is 0. The molecule has 0 atom stereocenters. The molecule has 1 heterocycles.